The molecule has 3 fully saturated rings. The molecule has 1 aromatic heterocycles. The molecule has 136 valence electrons. The van der Waals surface area contributed by atoms with Gasteiger partial charge in [-0.05, 0) is 43.4 Å². The standard InChI is InChI=1S/C18H28N6O/c1-19-18(20-10-16(13-3-4-13)14-5-6-14)23-7-8-24(17(25)12-23)15-9-21-22(2)11-15/h9,11,13-14,16H,3-8,10,12H2,1-2H3,(H,19,20). The summed E-state index contributed by atoms with van der Waals surface area (Å²) in [6.07, 6.45) is 9.20. The third-order valence-electron chi connectivity index (χ3n) is 5.69. The van der Waals surface area contributed by atoms with Crippen molar-refractivity contribution in [3.63, 3.8) is 0 Å². The van der Waals surface area contributed by atoms with Crippen molar-refractivity contribution >= 4 is 17.6 Å². The molecule has 1 N–H and O–H groups in total. The minimum absolute atomic E-state index is 0.100. The zero-order valence-corrected chi connectivity index (χ0v) is 15.2. The molecule has 1 amide bonds. The lowest BCUT2D eigenvalue weighted by atomic mass is 9.98. The smallest absolute Gasteiger partial charge is 0.246 e. The lowest BCUT2D eigenvalue weighted by Gasteiger charge is -2.35. The Hall–Kier alpha value is -2.05. The summed E-state index contributed by atoms with van der Waals surface area (Å²) in [6.45, 7) is 2.82. The number of nitrogens with one attached hydrogen (secondary N) is 1. The number of carbonyl (C=O) groups excluding carboxylic acids is 1. The second-order valence-corrected chi connectivity index (χ2v) is 7.61. The highest BCUT2D eigenvalue weighted by Crippen LogP contribution is 2.48. The summed E-state index contributed by atoms with van der Waals surface area (Å²) in [5.41, 5.74) is 0.873. The van der Waals surface area contributed by atoms with E-state index in [9.17, 15) is 4.79 Å². The number of carbonyl (C=O) groups is 1. The van der Waals surface area contributed by atoms with Crippen LogP contribution in [0.3, 0.4) is 0 Å². The van der Waals surface area contributed by atoms with Crippen molar-refractivity contribution in [3.8, 4) is 0 Å². The van der Waals surface area contributed by atoms with Gasteiger partial charge in [-0.2, -0.15) is 5.10 Å². The predicted molar refractivity (Wildman–Crippen MR) is 97.4 cm³/mol. The molecule has 0 unspecified atom stereocenters. The van der Waals surface area contributed by atoms with Crippen molar-refractivity contribution in [2.45, 2.75) is 25.7 Å². The fourth-order valence-electron chi connectivity index (χ4n) is 3.98. The van der Waals surface area contributed by atoms with Gasteiger partial charge in [0.25, 0.3) is 0 Å². The topological polar surface area (TPSA) is 65.8 Å². The van der Waals surface area contributed by atoms with Crippen LogP contribution in [0.15, 0.2) is 17.4 Å². The van der Waals surface area contributed by atoms with Crippen molar-refractivity contribution in [1.82, 2.24) is 20.0 Å². The first kappa shape index (κ1) is 16.4. The summed E-state index contributed by atoms with van der Waals surface area (Å²) in [6, 6.07) is 0. The average Bonchev–Trinajstić information content (AvgIpc) is 3.52. The van der Waals surface area contributed by atoms with Crippen LogP contribution >= 0.6 is 0 Å². The molecule has 1 saturated heterocycles. The Balaban J connectivity index is 1.34. The van der Waals surface area contributed by atoms with E-state index in [1.807, 2.05) is 25.2 Å². The van der Waals surface area contributed by atoms with Crippen LogP contribution in [0.4, 0.5) is 5.69 Å². The molecule has 0 spiro atoms. The van der Waals surface area contributed by atoms with Crippen LogP contribution in [0.25, 0.3) is 0 Å². The quantitative estimate of drug-likeness (QED) is 0.641. The molecule has 1 aliphatic heterocycles. The Kier molecular flexibility index (Phi) is 4.39. The number of guanidine groups is 1. The number of aliphatic imine (C=N–C) groups is 1. The van der Waals surface area contributed by atoms with Gasteiger partial charge in [0.05, 0.1) is 11.9 Å². The SMILES string of the molecule is CN=C(NCC(C1CC1)C1CC1)N1CCN(c2cnn(C)c2)C(=O)C1. The number of piperazine rings is 1. The molecule has 2 aliphatic carbocycles. The average molecular weight is 344 g/mol. The van der Waals surface area contributed by atoms with Crippen LogP contribution in [0.2, 0.25) is 0 Å². The maximum Gasteiger partial charge on any atom is 0.246 e. The summed E-state index contributed by atoms with van der Waals surface area (Å²) in [4.78, 5) is 20.9. The van der Waals surface area contributed by atoms with Crippen LogP contribution < -0.4 is 10.2 Å². The molecule has 0 radical (unpaired) electrons. The van der Waals surface area contributed by atoms with Crippen molar-refractivity contribution < 1.29 is 4.79 Å². The molecular formula is C18H28N6O. The second kappa shape index (κ2) is 6.69. The first-order chi connectivity index (χ1) is 12.2. The van der Waals surface area contributed by atoms with Gasteiger partial charge in [-0.1, -0.05) is 0 Å². The first-order valence-electron chi connectivity index (χ1n) is 9.40. The molecule has 2 saturated carbocycles. The van der Waals surface area contributed by atoms with Gasteiger partial charge in [-0.15, -0.1) is 0 Å². The highest BCUT2D eigenvalue weighted by Gasteiger charge is 2.41. The Morgan fingerprint density at radius 1 is 1.32 bits per heavy atom. The molecule has 0 atom stereocenters. The largest absolute Gasteiger partial charge is 0.356 e. The van der Waals surface area contributed by atoms with Crippen LogP contribution in [0, 0.1) is 17.8 Å². The van der Waals surface area contributed by atoms with Gasteiger partial charge >= 0.3 is 0 Å². The van der Waals surface area contributed by atoms with E-state index >= 15 is 0 Å². The number of aryl methyl sites for hydroxylation is 1. The lowest BCUT2D eigenvalue weighted by Crippen LogP contribution is -2.55. The van der Waals surface area contributed by atoms with Crippen molar-refractivity contribution in [3.05, 3.63) is 12.4 Å². The summed E-state index contributed by atoms with van der Waals surface area (Å²) in [7, 11) is 3.68. The minimum Gasteiger partial charge on any atom is -0.356 e. The van der Waals surface area contributed by atoms with Crippen molar-refractivity contribution in [2.75, 3.05) is 38.1 Å². The highest BCUT2D eigenvalue weighted by molar-refractivity contribution is 5.98. The molecule has 25 heavy (non-hydrogen) atoms. The fraction of sp³-hybridized carbons (Fsp3) is 0.722. The molecule has 3 aliphatic rings. The van der Waals surface area contributed by atoms with Gasteiger partial charge in [0, 0.05) is 39.9 Å². The molecule has 0 bridgehead atoms. The number of nitrogens with zero attached hydrogens (tertiary/aromatic N) is 5. The maximum atomic E-state index is 12.6. The van der Waals surface area contributed by atoms with Crippen LogP contribution in [0.5, 0.6) is 0 Å². The monoisotopic (exact) mass is 344 g/mol. The third kappa shape index (κ3) is 3.65. The number of rotatable bonds is 5. The summed E-state index contributed by atoms with van der Waals surface area (Å²) in [5, 5.41) is 7.71. The zero-order chi connectivity index (χ0) is 17.4. The summed E-state index contributed by atoms with van der Waals surface area (Å²) in [5.74, 6) is 3.60. The Morgan fingerprint density at radius 3 is 2.56 bits per heavy atom. The Morgan fingerprint density at radius 2 is 2.04 bits per heavy atom. The molecule has 7 heteroatoms. The number of amides is 1. The maximum absolute atomic E-state index is 12.6. The van der Waals surface area contributed by atoms with E-state index in [1.54, 1.807) is 10.9 Å². The summed E-state index contributed by atoms with van der Waals surface area (Å²) >= 11 is 0. The molecular weight excluding hydrogens is 316 g/mol. The van der Waals surface area contributed by atoms with Gasteiger partial charge < -0.3 is 15.1 Å². The van der Waals surface area contributed by atoms with E-state index in [2.05, 4.69) is 20.3 Å². The lowest BCUT2D eigenvalue weighted by molar-refractivity contribution is -0.120. The molecule has 0 aromatic carbocycles. The van der Waals surface area contributed by atoms with Gasteiger partial charge in [-0.25, -0.2) is 0 Å². The number of aromatic nitrogens is 2. The van der Waals surface area contributed by atoms with E-state index in [1.165, 1.54) is 25.7 Å². The molecule has 2 heterocycles. The molecule has 7 nitrogen and oxygen atoms in total. The van der Waals surface area contributed by atoms with Gasteiger partial charge in [0.1, 0.15) is 6.54 Å². The Labute approximate surface area is 149 Å². The van der Waals surface area contributed by atoms with E-state index in [-0.39, 0.29) is 5.91 Å². The molecule has 1 aromatic rings. The van der Waals surface area contributed by atoms with Crippen LogP contribution in [0.1, 0.15) is 25.7 Å². The second-order valence-electron chi connectivity index (χ2n) is 7.61. The highest BCUT2D eigenvalue weighted by atomic mass is 16.2. The van der Waals surface area contributed by atoms with E-state index in [0.29, 0.717) is 13.1 Å². The van der Waals surface area contributed by atoms with E-state index in [0.717, 1.165) is 42.5 Å². The van der Waals surface area contributed by atoms with E-state index < -0.39 is 0 Å². The number of hydrogen-bond donors (Lipinski definition) is 1. The normalized spacial score (nSPS) is 22.0. The Bertz CT molecular complexity index is 648. The van der Waals surface area contributed by atoms with E-state index in [4.69, 9.17) is 0 Å². The third-order valence-corrected chi connectivity index (χ3v) is 5.69. The zero-order valence-electron chi connectivity index (χ0n) is 15.2. The van der Waals surface area contributed by atoms with Crippen molar-refractivity contribution in [2.24, 2.45) is 29.8 Å². The fourth-order valence-corrected chi connectivity index (χ4v) is 3.98. The summed E-state index contributed by atoms with van der Waals surface area (Å²) < 4.78 is 1.73. The predicted octanol–water partition coefficient (Wildman–Crippen LogP) is 1.08. The van der Waals surface area contributed by atoms with Gasteiger partial charge in [-0.3, -0.25) is 14.5 Å². The van der Waals surface area contributed by atoms with Crippen LogP contribution in [-0.2, 0) is 11.8 Å². The van der Waals surface area contributed by atoms with Crippen LogP contribution in [-0.4, -0.2) is 59.8 Å². The molecule has 4 rings (SSSR count). The minimum atomic E-state index is 0.100. The van der Waals surface area contributed by atoms with Crippen molar-refractivity contribution in [1.29, 1.82) is 0 Å². The number of hydrogen-bond acceptors (Lipinski definition) is 3. The number of anilines is 1. The van der Waals surface area contributed by atoms with Gasteiger partial charge in [0.2, 0.25) is 5.91 Å². The first-order valence-corrected chi connectivity index (χ1v) is 9.40. The van der Waals surface area contributed by atoms with Gasteiger partial charge in [0.15, 0.2) is 5.96 Å².